The van der Waals surface area contributed by atoms with E-state index in [1.807, 2.05) is 6.92 Å². The van der Waals surface area contributed by atoms with Crippen LogP contribution in [0.4, 0.5) is 0 Å². The summed E-state index contributed by atoms with van der Waals surface area (Å²) >= 11 is 0. The molecule has 108 valence electrons. The number of aromatic nitrogens is 3. The molecule has 1 aliphatic rings. The highest BCUT2D eigenvalue weighted by molar-refractivity contribution is 7.84. The van der Waals surface area contributed by atoms with Crippen molar-refractivity contribution in [1.29, 1.82) is 0 Å². The zero-order valence-corrected chi connectivity index (χ0v) is 13.3. The van der Waals surface area contributed by atoms with Crippen molar-refractivity contribution in [3.8, 4) is 0 Å². The van der Waals surface area contributed by atoms with E-state index in [1.54, 1.807) is 0 Å². The molecule has 1 fully saturated rings. The quantitative estimate of drug-likeness (QED) is 0.853. The van der Waals surface area contributed by atoms with E-state index in [4.69, 9.17) is 0 Å². The van der Waals surface area contributed by atoms with Crippen LogP contribution in [0.3, 0.4) is 0 Å². The summed E-state index contributed by atoms with van der Waals surface area (Å²) in [5.41, 5.74) is 0.431. The van der Waals surface area contributed by atoms with Crippen LogP contribution >= 0.6 is 0 Å². The lowest BCUT2D eigenvalue weighted by Crippen LogP contribution is -2.28. The van der Waals surface area contributed by atoms with Crippen LogP contribution in [0.5, 0.6) is 0 Å². The number of hydrogen-bond acceptors (Lipinski definition) is 3. The third-order valence-electron chi connectivity index (χ3n) is 4.26. The van der Waals surface area contributed by atoms with Crippen molar-refractivity contribution in [2.75, 3.05) is 0 Å². The van der Waals surface area contributed by atoms with Crippen LogP contribution in [0.1, 0.15) is 58.1 Å². The molecule has 1 heterocycles. The van der Waals surface area contributed by atoms with Crippen LogP contribution in [0.2, 0.25) is 0 Å². The fourth-order valence-corrected chi connectivity index (χ4v) is 4.29. The van der Waals surface area contributed by atoms with E-state index in [2.05, 4.69) is 35.5 Å². The van der Waals surface area contributed by atoms with Gasteiger partial charge in [0.25, 0.3) is 0 Å². The molecule has 0 saturated heterocycles. The SMILES string of the molecule is CCn1c(C)nnc1C[S@](=O)C1CCC(C)(C)CC1. The average molecular weight is 283 g/mol. The third kappa shape index (κ3) is 3.44. The zero-order valence-electron chi connectivity index (χ0n) is 12.5. The van der Waals surface area contributed by atoms with Crippen molar-refractivity contribution < 1.29 is 4.21 Å². The van der Waals surface area contributed by atoms with Gasteiger partial charge in [-0.25, -0.2) is 0 Å². The van der Waals surface area contributed by atoms with Crippen LogP contribution in [0.25, 0.3) is 0 Å². The Morgan fingerprint density at radius 1 is 1.32 bits per heavy atom. The van der Waals surface area contributed by atoms with E-state index < -0.39 is 10.8 Å². The summed E-state index contributed by atoms with van der Waals surface area (Å²) in [7, 11) is -0.813. The number of nitrogens with zero attached hydrogens (tertiary/aromatic N) is 3. The Labute approximate surface area is 118 Å². The van der Waals surface area contributed by atoms with E-state index in [1.165, 1.54) is 12.8 Å². The smallest absolute Gasteiger partial charge is 0.145 e. The second kappa shape index (κ2) is 5.73. The molecule has 1 aromatic rings. The Morgan fingerprint density at radius 2 is 1.95 bits per heavy atom. The topological polar surface area (TPSA) is 47.8 Å². The molecule has 1 saturated carbocycles. The Bertz CT molecular complexity index is 457. The summed E-state index contributed by atoms with van der Waals surface area (Å²) in [4.78, 5) is 0. The van der Waals surface area contributed by atoms with Gasteiger partial charge in [0.05, 0.1) is 5.75 Å². The highest BCUT2D eigenvalue weighted by atomic mass is 32.2. The Morgan fingerprint density at radius 3 is 2.53 bits per heavy atom. The molecule has 0 radical (unpaired) electrons. The lowest BCUT2D eigenvalue weighted by atomic mass is 9.77. The van der Waals surface area contributed by atoms with Crippen molar-refractivity contribution in [3.05, 3.63) is 11.6 Å². The summed E-state index contributed by atoms with van der Waals surface area (Å²) in [6.07, 6.45) is 4.53. The first-order valence-electron chi connectivity index (χ1n) is 7.19. The van der Waals surface area contributed by atoms with Crippen LogP contribution in [0, 0.1) is 12.3 Å². The molecule has 19 heavy (non-hydrogen) atoms. The van der Waals surface area contributed by atoms with Gasteiger partial charge >= 0.3 is 0 Å². The Balaban J connectivity index is 1.98. The maximum Gasteiger partial charge on any atom is 0.145 e. The van der Waals surface area contributed by atoms with Gasteiger partial charge in [-0.15, -0.1) is 10.2 Å². The zero-order chi connectivity index (χ0) is 14.0. The predicted octanol–water partition coefficient (Wildman–Crippen LogP) is 2.82. The summed E-state index contributed by atoms with van der Waals surface area (Å²) in [5, 5.41) is 8.60. The molecule has 0 aromatic carbocycles. The van der Waals surface area contributed by atoms with Gasteiger partial charge in [0.15, 0.2) is 0 Å². The molecule has 4 nitrogen and oxygen atoms in total. The lowest BCUT2D eigenvalue weighted by molar-refractivity contribution is 0.247. The molecule has 0 amide bonds. The van der Waals surface area contributed by atoms with E-state index in [-0.39, 0.29) is 0 Å². The van der Waals surface area contributed by atoms with Gasteiger partial charge in [0.1, 0.15) is 11.6 Å². The van der Waals surface area contributed by atoms with Crippen LogP contribution in [0.15, 0.2) is 0 Å². The molecule has 2 rings (SSSR count). The summed E-state index contributed by atoms with van der Waals surface area (Å²) < 4.78 is 14.5. The standard InChI is InChI=1S/C14H25N3OS/c1-5-17-11(2)15-16-13(17)10-19(18)12-6-8-14(3,4)9-7-12/h12H,5-10H2,1-4H3/t19-/m0/s1. The van der Waals surface area contributed by atoms with Crippen molar-refractivity contribution in [1.82, 2.24) is 14.8 Å². The molecule has 1 atom stereocenters. The second-order valence-electron chi connectivity index (χ2n) is 6.30. The largest absolute Gasteiger partial charge is 0.315 e. The summed E-state index contributed by atoms with van der Waals surface area (Å²) in [6, 6.07) is 0. The predicted molar refractivity (Wildman–Crippen MR) is 78.3 cm³/mol. The highest BCUT2D eigenvalue weighted by Gasteiger charge is 2.30. The molecule has 0 aliphatic heterocycles. The Hall–Kier alpha value is -0.710. The van der Waals surface area contributed by atoms with Crippen LogP contribution in [-0.2, 0) is 23.1 Å². The fraction of sp³-hybridized carbons (Fsp3) is 0.857. The first-order valence-corrected chi connectivity index (χ1v) is 8.57. The normalized spacial score (nSPS) is 21.5. The van der Waals surface area contributed by atoms with Gasteiger partial charge in [0, 0.05) is 22.6 Å². The molecule has 0 bridgehead atoms. The van der Waals surface area contributed by atoms with Crippen molar-refractivity contribution in [2.24, 2.45) is 5.41 Å². The summed E-state index contributed by atoms with van der Waals surface area (Å²) in [6.45, 7) is 9.49. The molecular weight excluding hydrogens is 258 g/mol. The van der Waals surface area contributed by atoms with E-state index >= 15 is 0 Å². The van der Waals surface area contributed by atoms with Crippen molar-refractivity contribution >= 4 is 10.8 Å². The Kier molecular flexibility index (Phi) is 4.43. The van der Waals surface area contributed by atoms with Crippen LogP contribution in [-0.4, -0.2) is 24.2 Å². The minimum absolute atomic E-state index is 0.343. The molecule has 1 aromatic heterocycles. The minimum Gasteiger partial charge on any atom is -0.315 e. The van der Waals surface area contributed by atoms with Crippen LogP contribution < -0.4 is 0 Å². The van der Waals surface area contributed by atoms with Gasteiger partial charge in [-0.05, 0) is 44.9 Å². The van der Waals surface area contributed by atoms with Gasteiger partial charge in [-0.2, -0.15) is 0 Å². The van der Waals surface area contributed by atoms with Gasteiger partial charge in [0.2, 0.25) is 0 Å². The molecule has 5 heteroatoms. The monoisotopic (exact) mass is 283 g/mol. The maximum atomic E-state index is 12.5. The number of hydrogen-bond donors (Lipinski definition) is 0. The fourth-order valence-electron chi connectivity index (χ4n) is 2.82. The lowest BCUT2D eigenvalue weighted by Gasteiger charge is -2.33. The minimum atomic E-state index is -0.813. The molecular formula is C14H25N3OS. The number of rotatable bonds is 4. The van der Waals surface area contributed by atoms with E-state index in [9.17, 15) is 4.21 Å². The molecule has 1 aliphatic carbocycles. The van der Waals surface area contributed by atoms with Gasteiger partial charge < -0.3 is 4.57 Å². The molecule has 0 spiro atoms. The first-order chi connectivity index (χ1) is 8.93. The molecule has 0 N–H and O–H groups in total. The summed E-state index contributed by atoms with van der Waals surface area (Å²) in [5.74, 6) is 2.35. The molecule has 0 unspecified atom stereocenters. The van der Waals surface area contributed by atoms with Crippen molar-refractivity contribution in [2.45, 2.75) is 70.9 Å². The first kappa shape index (κ1) is 14.7. The maximum absolute atomic E-state index is 12.5. The van der Waals surface area contributed by atoms with Crippen molar-refractivity contribution in [3.63, 3.8) is 0 Å². The average Bonchev–Trinajstić information content (AvgIpc) is 2.69. The van der Waals surface area contributed by atoms with Gasteiger partial charge in [-0.1, -0.05) is 13.8 Å². The third-order valence-corrected chi connectivity index (χ3v) is 6.02. The highest BCUT2D eigenvalue weighted by Crippen LogP contribution is 2.37. The van der Waals surface area contributed by atoms with Gasteiger partial charge in [-0.3, -0.25) is 4.21 Å². The second-order valence-corrected chi connectivity index (χ2v) is 8.01. The number of aryl methyl sites for hydroxylation is 1. The van der Waals surface area contributed by atoms with E-state index in [0.29, 0.717) is 16.4 Å². The van der Waals surface area contributed by atoms with E-state index in [0.717, 1.165) is 31.0 Å².